The van der Waals surface area contributed by atoms with Gasteiger partial charge < -0.3 is 14.7 Å². The molecule has 2 N–H and O–H groups in total. The van der Waals surface area contributed by atoms with Gasteiger partial charge in [0.15, 0.2) is 0 Å². The molecular weight excluding hydrogens is 434 g/mol. The molecule has 174 valence electrons. The van der Waals surface area contributed by atoms with E-state index in [4.69, 9.17) is 4.74 Å². The van der Waals surface area contributed by atoms with Crippen molar-refractivity contribution in [3.63, 3.8) is 0 Å². The summed E-state index contributed by atoms with van der Waals surface area (Å²) in [5, 5.41) is 26.7. The van der Waals surface area contributed by atoms with Crippen LogP contribution >= 0.6 is 0 Å². The zero-order valence-electron chi connectivity index (χ0n) is 18.6. The fraction of sp³-hybridized carbons (Fsp3) is 0.333. The maximum Gasteiger partial charge on any atom is 0.254 e. The predicted octanol–water partition coefficient (Wildman–Crippen LogP) is 1.46. The van der Waals surface area contributed by atoms with Crippen LogP contribution in [0, 0.1) is 0 Å². The number of morpholine rings is 1. The normalized spacial score (nSPS) is 17.3. The molecule has 4 aromatic rings. The fourth-order valence-electron chi connectivity index (χ4n) is 4.49. The van der Waals surface area contributed by atoms with Crippen molar-refractivity contribution in [3.05, 3.63) is 59.8 Å². The Hall–Kier alpha value is -3.60. The summed E-state index contributed by atoms with van der Waals surface area (Å²) in [6.07, 6.45) is 1.63. The smallest absolute Gasteiger partial charge is 0.254 e. The lowest BCUT2D eigenvalue weighted by Crippen LogP contribution is -2.49. The van der Waals surface area contributed by atoms with Gasteiger partial charge in [0.1, 0.15) is 11.4 Å². The standard InChI is InChI=1S/C24H25N7O3/c32-19-13-29(14-19)12-16-1-6-21-20(11-16)23(27-25-21)22-15-31(28-26-22)18-4-2-17(3-5-18)24(33)30-7-9-34-10-8-30/h1-6,11,15,19,32H,7-10,12-14H2,(H,25,27). The zero-order chi connectivity index (χ0) is 23.1. The summed E-state index contributed by atoms with van der Waals surface area (Å²) in [6, 6.07) is 13.6. The Kier molecular flexibility index (Phi) is 5.33. The molecule has 2 saturated heterocycles. The number of benzene rings is 2. The van der Waals surface area contributed by atoms with Crippen LogP contribution in [0.1, 0.15) is 15.9 Å². The van der Waals surface area contributed by atoms with Gasteiger partial charge in [0.2, 0.25) is 0 Å². The van der Waals surface area contributed by atoms with Gasteiger partial charge >= 0.3 is 0 Å². The monoisotopic (exact) mass is 459 g/mol. The molecule has 0 saturated carbocycles. The summed E-state index contributed by atoms with van der Waals surface area (Å²) in [6.45, 7) is 4.61. The van der Waals surface area contributed by atoms with Gasteiger partial charge in [-0.2, -0.15) is 5.10 Å². The Morgan fingerprint density at radius 1 is 1.12 bits per heavy atom. The number of fused-ring (bicyclic) bond motifs is 1. The molecule has 0 radical (unpaired) electrons. The summed E-state index contributed by atoms with van der Waals surface area (Å²) in [4.78, 5) is 16.7. The van der Waals surface area contributed by atoms with Crippen molar-refractivity contribution in [2.45, 2.75) is 12.6 Å². The van der Waals surface area contributed by atoms with E-state index in [-0.39, 0.29) is 12.0 Å². The fourth-order valence-corrected chi connectivity index (χ4v) is 4.49. The maximum absolute atomic E-state index is 12.7. The second-order valence-corrected chi connectivity index (χ2v) is 8.80. The maximum atomic E-state index is 12.7. The second kappa shape index (κ2) is 8.64. The van der Waals surface area contributed by atoms with E-state index in [1.54, 1.807) is 4.68 Å². The number of aliphatic hydroxyl groups is 1. The van der Waals surface area contributed by atoms with Crippen LogP contribution in [0.5, 0.6) is 0 Å². The van der Waals surface area contributed by atoms with Crippen LogP contribution < -0.4 is 0 Å². The van der Waals surface area contributed by atoms with Crippen molar-refractivity contribution >= 4 is 16.8 Å². The molecular formula is C24H25N7O3. The highest BCUT2D eigenvalue weighted by molar-refractivity contribution is 5.94. The van der Waals surface area contributed by atoms with Gasteiger partial charge in [0.25, 0.3) is 5.91 Å². The SMILES string of the molecule is O=C(c1ccc(-n2cc(-c3n[nH]c4ccc(CN5CC(O)C5)cc34)nn2)cc1)N1CCOCC1. The van der Waals surface area contributed by atoms with Crippen molar-refractivity contribution in [1.82, 2.24) is 35.0 Å². The molecule has 2 aromatic carbocycles. The number of aromatic nitrogens is 5. The summed E-state index contributed by atoms with van der Waals surface area (Å²) in [5.74, 6) is 0.0145. The van der Waals surface area contributed by atoms with Gasteiger partial charge in [-0.15, -0.1) is 5.10 Å². The van der Waals surface area contributed by atoms with E-state index in [0.29, 0.717) is 50.7 Å². The topological polar surface area (TPSA) is 112 Å². The first-order valence-corrected chi connectivity index (χ1v) is 11.4. The number of likely N-dealkylation sites (tertiary alicyclic amines) is 1. The number of aromatic amines is 1. The Morgan fingerprint density at radius 3 is 2.68 bits per heavy atom. The molecule has 10 heteroatoms. The van der Waals surface area contributed by atoms with Gasteiger partial charge in [-0.3, -0.25) is 14.8 Å². The number of H-pyrrole nitrogens is 1. The number of aliphatic hydroxyl groups excluding tert-OH is 1. The van der Waals surface area contributed by atoms with Gasteiger partial charge in [-0.1, -0.05) is 11.3 Å². The van der Waals surface area contributed by atoms with Crippen LogP contribution in [0.3, 0.4) is 0 Å². The number of carbonyl (C=O) groups is 1. The number of hydrogen-bond acceptors (Lipinski definition) is 7. The lowest BCUT2D eigenvalue weighted by molar-refractivity contribution is -0.00284. The number of β-amino-alcohol motifs (C(OH)–C–C–N with tert-alkyl or cyclic N) is 1. The summed E-state index contributed by atoms with van der Waals surface area (Å²) < 4.78 is 7.01. The number of hydrogen-bond donors (Lipinski definition) is 2. The molecule has 2 fully saturated rings. The largest absolute Gasteiger partial charge is 0.390 e. The highest BCUT2D eigenvalue weighted by Crippen LogP contribution is 2.27. The minimum Gasteiger partial charge on any atom is -0.390 e. The van der Waals surface area contributed by atoms with E-state index in [1.807, 2.05) is 41.4 Å². The van der Waals surface area contributed by atoms with E-state index in [9.17, 15) is 9.90 Å². The first-order valence-electron chi connectivity index (χ1n) is 11.4. The minimum absolute atomic E-state index is 0.0145. The van der Waals surface area contributed by atoms with Gasteiger partial charge in [0, 0.05) is 43.7 Å². The Labute approximate surface area is 195 Å². The number of nitrogens with zero attached hydrogens (tertiary/aromatic N) is 6. The molecule has 2 aliphatic heterocycles. The number of nitrogens with one attached hydrogen (secondary N) is 1. The summed E-state index contributed by atoms with van der Waals surface area (Å²) >= 11 is 0. The Bertz CT molecular complexity index is 1320. The molecule has 10 nitrogen and oxygen atoms in total. The highest BCUT2D eigenvalue weighted by atomic mass is 16.5. The molecule has 0 atom stereocenters. The van der Waals surface area contributed by atoms with Gasteiger partial charge in [-0.25, -0.2) is 4.68 Å². The molecule has 0 aliphatic carbocycles. The molecule has 0 spiro atoms. The third-order valence-corrected chi connectivity index (χ3v) is 6.38. The number of carbonyl (C=O) groups excluding carboxylic acids is 1. The molecule has 0 unspecified atom stereocenters. The number of ether oxygens (including phenoxy) is 1. The minimum atomic E-state index is -0.213. The van der Waals surface area contributed by atoms with Crippen LogP contribution in [-0.4, -0.2) is 91.5 Å². The van der Waals surface area contributed by atoms with Crippen LogP contribution in [0.15, 0.2) is 48.7 Å². The van der Waals surface area contributed by atoms with E-state index in [1.165, 1.54) is 0 Å². The average molecular weight is 460 g/mol. The lowest BCUT2D eigenvalue weighted by Gasteiger charge is -2.35. The molecule has 2 aromatic heterocycles. The molecule has 4 heterocycles. The van der Waals surface area contributed by atoms with Crippen molar-refractivity contribution < 1.29 is 14.6 Å². The zero-order valence-corrected chi connectivity index (χ0v) is 18.6. The molecule has 2 aliphatic rings. The Balaban J connectivity index is 1.21. The highest BCUT2D eigenvalue weighted by Gasteiger charge is 2.24. The van der Waals surface area contributed by atoms with E-state index in [2.05, 4.69) is 37.5 Å². The van der Waals surface area contributed by atoms with Crippen LogP contribution in [0.4, 0.5) is 0 Å². The van der Waals surface area contributed by atoms with Crippen LogP contribution in [-0.2, 0) is 11.3 Å². The first kappa shape index (κ1) is 21.0. The number of amides is 1. The average Bonchev–Trinajstić information content (AvgIpc) is 3.50. The molecule has 0 bridgehead atoms. The van der Waals surface area contributed by atoms with Crippen molar-refractivity contribution in [2.24, 2.45) is 0 Å². The molecule has 1 amide bonds. The van der Waals surface area contributed by atoms with Crippen LogP contribution in [0.25, 0.3) is 28.0 Å². The molecule has 34 heavy (non-hydrogen) atoms. The van der Waals surface area contributed by atoms with Crippen molar-refractivity contribution in [3.8, 4) is 17.1 Å². The first-order chi connectivity index (χ1) is 16.6. The summed E-state index contributed by atoms with van der Waals surface area (Å²) in [7, 11) is 0. The van der Waals surface area contributed by atoms with E-state index >= 15 is 0 Å². The van der Waals surface area contributed by atoms with Crippen LogP contribution in [0.2, 0.25) is 0 Å². The van der Waals surface area contributed by atoms with Gasteiger partial charge in [-0.05, 0) is 42.0 Å². The van der Waals surface area contributed by atoms with E-state index in [0.717, 1.165) is 34.4 Å². The predicted molar refractivity (Wildman–Crippen MR) is 124 cm³/mol. The lowest BCUT2D eigenvalue weighted by atomic mass is 10.1. The van der Waals surface area contributed by atoms with E-state index < -0.39 is 0 Å². The number of rotatable bonds is 5. The van der Waals surface area contributed by atoms with Crippen molar-refractivity contribution in [2.75, 3.05) is 39.4 Å². The third-order valence-electron chi connectivity index (χ3n) is 6.38. The van der Waals surface area contributed by atoms with Crippen molar-refractivity contribution in [1.29, 1.82) is 0 Å². The second-order valence-electron chi connectivity index (χ2n) is 8.80. The molecule has 6 rings (SSSR count). The Morgan fingerprint density at radius 2 is 1.91 bits per heavy atom. The quantitative estimate of drug-likeness (QED) is 0.465. The third kappa shape index (κ3) is 3.96. The summed E-state index contributed by atoms with van der Waals surface area (Å²) in [5.41, 5.74) is 4.96. The van der Waals surface area contributed by atoms with Gasteiger partial charge in [0.05, 0.1) is 36.7 Å².